The van der Waals surface area contributed by atoms with E-state index in [-0.39, 0.29) is 6.73 Å². The number of nitrogens with zero attached hydrogens (tertiary/aromatic N) is 2. The Kier molecular flexibility index (Phi) is 3.61. The molecule has 0 unspecified atom stereocenters. The molecule has 7 nitrogen and oxygen atoms in total. The lowest BCUT2D eigenvalue weighted by Gasteiger charge is -2.31. The van der Waals surface area contributed by atoms with Crippen molar-refractivity contribution in [3.63, 3.8) is 0 Å². The molecule has 4 rings (SSSR count). The van der Waals surface area contributed by atoms with E-state index in [1.807, 2.05) is 13.0 Å². The molecular weight excluding hydrogens is 343 g/mol. The predicted octanol–water partition coefficient (Wildman–Crippen LogP) is 3.51. The van der Waals surface area contributed by atoms with Gasteiger partial charge in [0.15, 0.2) is 6.73 Å². The second-order valence-electron chi connectivity index (χ2n) is 6.03. The molecule has 1 aliphatic heterocycles. The van der Waals surface area contributed by atoms with Gasteiger partial charge in [0.05, 0.1) is 17.0 Å². The van der Waals surface area contributed by atoms with Gasteiger partial charge in [0, 0.05) is 23.2 Å². The van der Waals surface area contributed by atoms with Crippen molar-refractivity contribution >= 4 is 22.3 Å². The maximum absolute atomic E-state index is 13.6. The van der Waals surface area contributed by atoms with Crippen LogP contribution in [0.5, 0.6) is 5.75 Å². The number of fused-ring (bicyclic) bond motifs is 3. The third-order valence-corrected chi connectivity index (χ3v) is 4.40. The van der Waals surface area contributed by atoms with Crippen molar-refractivity contribution in [3.05, 3.63) is 73.9 Å². The number of rotatable bonds is 2. The summed E-state index contributed by atoms with van der Waals surface area (Å²) in [6, 6.07) is 8.70. The van der Waals surface area contributed by atoms with Crippen LogP contribution in [0.3, 0.4) is 0 Å². The number of hydrogen-bond donors (Lipinski definition) is 0. The van der Waals surface area contributed by atoms with Crippen LogP contribution in [-0.4, -0.2) is 11.7 Å². The number of benzene rings is 2. The molecule has 8 heteroatoms. The Morgan fingerprint density at radius 2 is 2.04 bits per heavy atom. The number of halogens is 1. The number of nitro groups is 1. The van der Waals surface area contributed by atoms with E-state index in [0.717, 1.165) is 23.1 Å². The molecule has 2 heterocycles. The Bertz CT molecular complexity index is 1110. The molecule has 3 aromatic rings. The summed E-state index contributed by atoms with van der Waals surface area (Å²) in [5, 5.41) is 11.8. The average Bonchev–Trinajstić information content (AvgIpc) is 2.61. The largest absolute Gasteiger partial charge is 0.473 e. The van der Waals surface area contributed by atoms with Gasteiger partial charge in [-0.05, 0) is 36.8 Å². The van der Waals surface area contributed by atoms with Gasteiger partial charge in [-0.3, -0.25) is 10.1 Å². The molecular formula is C18H13FN2O5. The molecule has 0 atom stereocenters. The van der Waals surface area contributed by atoms with E-state index in [1.165, 1.54) is 12.1 Å². The summed E-state index contributed by atoms with van der Waals surface area (Å²) in [5.74, 6) is -0.316. The van der Waals surface area contributed by atoms with Crippen molar-refractivity contribution < 1.29 is 18.5 Å². The Hall–Kier alpha value is -3.42. The Morgan fingerprint density at radius 1 is 1.23 bits per heavy atom. The monoisotopic (exact) mass is 356 g/mol. The van der Waals surface area contributed by atoms with Crippen LogP contribution >= 0.6 is 0 Å². The van der Waals surface area contributed by atoms with Gasteiger partial charge in [0.1, 0.15) is 11.3 Å². The molecule has 0 spiro atoms. The second kappa shape index (κ2) is 5.83. The molecule has 1 aliphatic rings. The zero-order chi connectivity index (χ0) is 18.4. The first kappa shape index (κ1) is 16.1. The van der Waals surface area contributed by atoms with Gasteiger partial charge in [0.2, 0.25) is 5.82 Å². The summed E-state index contributed by atoms with van der Waals surface area (Å²) < 4.78 is 24.7. The normalized spacial score (nSPS) is 13.4. The van der Waals surface area contributed by atoms with Gasteiger partial charge in [0.25, 0.3) is 0 Å². The number of hydrogen-bond acceptors (Lipinski definition) is 6. The molecule has 0 N–H and O–H groups in total. The first-order chi connectivity index (χ1) is 12.4. The molecule has 0 aliphatic carbocycles. The molecule has 26 heavy (non-hydrogen) atoms. The lowest BCUT2D eigenvalue weighted by atomic mass is 10.0. The highest BCUT2D eigenvalue weighted by molar-refractivity contribution is 5.85. The van der Waals surface area contributed by atoms with Gasteiger partial charge >= 0.3 is 11.3 Å². The van der Waals surface area contributed by atoms with E-state index < -0.39 is 22.1 Å². The third-order valence-electron chi connectivity index (χ3n) is 4.40. The fraction of sp³-hybridized carbons (Fsp3) is 0.167. The van der Waals surface area contributed by atoms with Crippen LogP contribution in [0.4, 0.5) is 15.8 Å². The van der Waals surface area contributed by atoms with Crippen molar-refractivity contribution in [3.8, 4) is 5.75 Å². The smallest absolute Gasteiger partial charge is 0.336 e. The number of anilines is 1. The van der Waals surface area contributed by atoms with Crippen LogP contribution < -0.4 is 15.3 Å². The standard InChI is InChI=1S/C18H13FN2O5/c1-10-6-17(22)26-18-12(10)3-5-16-13(18)8-20(9-25-16)11-2-4-14(19)15(7-11)21(23)24/h2-7H,8-9H2,1H3. The minimum absolute atomic E-state index is 0.136. The molecule has 0 amide bonds. The summed E-state index contributed by atoms with van der Waals surface area (Å²) >= 11 is 0. The summed E-state index contributed by atoms with van der Waals surface area (Å²) in [6.45, 7) is 2.26. The highest BCUT2D eigenvalue weighted by Gasteiger charge is 2.24. The summed E-state index contributed by atoms with van der Waals surface area (Å²) in [4.78, 5) is 23.7. The van der Waals surface area contributed by atoms with E-state index in [4.69, 9.17) is 9.15 Å². The van der Waals surface area contributed by atoms with Gasteiger partial charge in [-0.1, -0.05) is 0 Å². The zero-order valence-corrected chi connectivity index (χ0v) is 13.7. The maximum atomic E-state index is 13.6. The lowest BCUT2D eigenvalue weighted by molar-refractivity contribution is -0.387. The minimum atomic E-state index is -0.899. The van der Waals surface area contributed by atoms with Crippen LogP contribution in [0.25, 0.3) is 11.0 Å². The molecule has 2 aromatic carbocycles. The Labute approximate surface area is 146 Å². The zero-order valence-electron chi connectivity index (χ0n) is 13.7. The summed E-state index contributed by atoms with van der Waals surface area (Å²) in [5.41, 5.74) is 1.26. The van der Waals surface area contributed by atoms with Crippen LogP contribution in [0, 0.1) is 22.9 Å². The first-order valence-corrected chi connectivity index (χ1v) is 7.82. The predicted molar refractivity (Wildman–Crippen MR) is 92.0 cm³/mol. The van der Waals surface area contributed by atoms with Gasteiger partial charge in [-0.25, -0.2) is 4.79 Å². The Balaban J connectivity index is 1.80. The fourth-order valence-corrected chi connectivity index (χ4v) is 3.09. The van der Waals surface area contributed by atoms with E-state index in [2.05, 4.69) is 0 Å². The van der Waals surface area contributed by atoms with Gasteiger partial charge in [-0.15, -0.1) is 0 Å². The lowest BCUT2D eigenvalue weighted by Crippen LogP contribution is -2.32. The third kappa shape index (κ3) is 2.55. The maximum Gasteiger partial charge on any atom is 0.336 e. The van der Waals surface area contributed by atoms with Gasteiger partial charge in [-0.2, -0.15) is 4.39 Å². The average molecular weight is 356 g/mol. The first-order valence-electron chi connectivity index (χ1n) is 7.82. The van der Waals surface area contributed by atoms with Crippen LogP contribution in [0.1, 0.15) is 11.1 Å². The SMILES string of the molecule is Cc1cc(=O)oc2c3c(ccc12)OCN(c1ccc(F)c([N+](=O)[O-])c1)C3. The number of aryl methyl sites for hydroxylation is 1. The summed E-state index contributed by atoms with van der Waals surface area (Å²) in [6.07, 6.45) is 0. The second-order valence-corrected chi connectivity index (χ2v) is 6.03. The molecule has 0 fully saturated rings. The summed E-state index contributed by atoms with van der Waals surface area (Å²) in [7, 11) is 0. The minimum Gasteiger partial charge on any atom is -0.473 e. The topological polar surface area (TPSA) is 85.8 Å². The van der Waals surface area contributed by atoms with Crippen molar-refractivity contribution in [1.82, 2.24) is 0 Å². The van der Waals surface area contributed by atoms with Crippen molar-refractivity contribution in [2.45, 2.75) is 13.5 Å². The van der Waals surface area contributed by atoms with Crippen molar-refractivity contribution in [1.29, 1.82) is 0 Å². The number of nitro benzene ring substituents is 1. The molecule has 0 saturated carbocycles. The molecule has 0 bridgehead atoms. The van der Waals surface area contributed by atoms with E-state index >= 15 is 0 Å². The van der Waals surface area contributed by atoms with Crippen LogP contribution in [-0.2, 0) is 6.54 Å². The van der Waals surface area contributed by atoms with Gasteiger partial charge < -0.3 is 14.1 Å². The molecule has 0 saturated heterocycles. The van der Waals surface area contributed by atoms with Crippen molar-refractivity contribution in [2.24, 2.45) is 0 Å². The quantitative estimate of drug-likeness (QED) is 0.397. The molecule has 1 aromatic heterocycles. The highest BCUT2D eigenvalue weighted by Crippen LogP contribution is 2.35. The van der Waals surface area contributed by atoms with E-state index in [0.29, 0.717) is 29.1 Å². The molecule has 0 radical (unpaired) electrons. The Morgan fingerprint density at radius 3 is 2.81 bits per heavy atom. The van der Waals surface area contributed by atoms with E-state index in [1.54, 1.807) is 11.0 Å². The van der Waals surface area contributed by atoms with Crippen molar-refractivity contribution in [2.75, 3.05) is 11.6 Å². The number of ether oxygens (including phenoxy) is 1. The van der Waals surface area contributed by atoms with Crippen LogP contribution in [0.15, 0.2) is 45.6 Å². The fourth-order valence-electron chi connectivity index (χ4n) is 3.09. The molecule has 132 valence electrons. The highest BCUT2D eigenvalue weighted by atomic mass is 19.1. The van der Waals surface area contributed by atoms with Crippen LogP contribution in [0.2, 0.25) is 0 Å². The van der Waals surface area contributed by atoms with E-state index in [9.17, 15) is 19.3 Å².